The third-order valence-corrected chi connectivity index (χ3v) is 7.26. The van der Waals surface area contributed by atoms with Crippen LogP contribution in [-0.4, -0.2) is 36.0 Å². The molecule has 2 aliphatic heterocycles. The Kier molecular flexibility index (Phi) is 6.93. The molecule has 0 spiro atoms. The summed E-state index contributed by atoms with van der Waals surface area (Å²) >= 11 is 12.9. The van der Waals surface area contributed by atoms with E-state index in [2.05, 4.69) is 10.6 Å². The van der Waals surface area contributed by atoms with Gasteiger partial charge in [0.25, 0.3) is 0 Å². The van der Waals surface area contributed by atoms with Gasteiger partial charge in [0.15, 0.2) is 0 Å². The molecule has 8 heteroatoms. The van der Waals surface area contributed by atoms with Crippen molar-refractivity contribution in [3.8, 4) is 16.9 Å². The number of hydrogen-bond acceptors (Lipinski definition) is 5. The molecule has 2 atom stereocenters. The molecule has 36 heavy (non-hydrogen) atoms. The van der Waals surface area contributed by atoms with E-state index in [1.165, 1.54) is 0 Å². The molecule has 2 heterocycles. The first kappa shape index (κ1) is 24.6. The van der Waals surface area contributed by atoms with Crippen LogP contribution < -0.4 is 15.5 Å². The third-order valence-electron chi connectivity index (χ3n) is 6.71. The maximum atomic E-state index is 13.9. The zero-order valence-electron chi connectivity index (χ0n) is 20.2. The van der Waals surface area contributed by atoms with Gasteiger partial charge in [0.05, 0.1) is 5.69 Å². The average Bonchev–Trinajstić information content (AvgIpc) is 3.36. The number of carbonyl (C=O) groups excluding carboxylic acids is 1. The summed E-state index contributed by atoms with van der Waals surface area (Å²) in [6, 6.07) is 15.9. The molecule has 1 amide bonds. The Bertz CT molecular complexity index is 1330. The van der Waals surface area contributed by atoms with Gasteiger partial charge in [0.2, 0.25) is 5.91 Å². The molecular weight excluding hydrogens is 495 g/mol. The fraction of sp³-hybridized carbons (Fsp3) is 0.286. The summed E-state index contributed by atoms with van der Waals surface area (Å²) in [7, 11) is 0. The molecule has 186 valence electrons. The number of nitrogens with zero attached hydrogens (tertiary/aromatic N) is 2. The van der Waals surface area contributed by atoms with Crippen molar-refractivity contribution in [1.29, 1.82) is 0 Å². The van der Waals surface area contributed by atoms with Crippen molar-refractivity contribution < 1.29 is 9.90 Å². The second-order valence-electron chi connectivity index (χ2n) is 9.39. The van der Waals surface area contributed by atoms with Crippen LogP contribution in [-0.2, 0) is 4.79 Å². The first-order valence-corrected chi connectivity index (χ1v) is 12.8. The topological polar surface area (TPSA) is 77.0 Å². The number of aliphatic imine (C=N–C) groups is 1. The van der Waals surface area contributed by atoms with Gasteiger partial charge < -0.3 is 20.6 Å². The highest BCUT2D eigenvalue weighted by Gasteiger charge is 2.36. The number of aryl methyl sites for hydroxylation is 1. The van der Waals surface area contributed by atoms with Gasteiger partial charge in [-0.25, -0.2) is 4.99 Å². The molecule has 3 N–H and O–H groups in total. The summed E-state index contributed by atoms with van der Waals surface area (Å²) in [6.07, 6.45) is 2.15. The van der Waals surface area contributed by atoms with E-state index >= 15 is 0 Å². The Morgan fingerprint density at radius 1 is 1.14 bits per heavy atom. The summed E-state index contributed by atoms with van der Waals surface area (Å²) in [5.41, 5.74) is 4.75. The molecule has 5 rings (SSSR count). The van der Waals surface area contributed by atoms with Crippen LogP contribution in [0.4, 0.5) is 11.4 Å². The number of rotatable bonds is 5. The largest absolute Gasteiger partial charge is 0.508 e. The Morgan fingerprint density at radius 3 is 2.72 bits per heavy atom. The van der Waals surface area contributed by atoms with Crippen molar-refractivity contribution in [1.82, 2.24) is 10.6 Å². The SMILES string of the molecule is CC1=Nc2ccc(-c3cc(O)ccc3Cl)cc2C(C(=O)NC[C@@H]2CCCN2)N1c1cc(C)cc(Cl)c1. The predicted octanol–water partition coefficient (Wildman–Crippen LogP) is 6.15. The van der Waals surface area contributed by atoms with Gasteiger partial charge in [-0.1, -0.05) is 29.3 Å². The number of benzene rings is 3. The van der Waals surface area contributed by atoms with Gasteiger partial charge >= 0.3 is 0 Å². The molecule has 2 aliphatic rings. The quantitative estimate of drug-likeness (QED) is 0.375. The first-order valence-electron chi connectivity index (χ1n) is 12.1. The molecule has 6 nitrogen and oxygen atoms in total. The summed E-state index contributed by atoms with van der Waals surface area (Å²) in [6.45, 7) is 5.41. The van der Waals surface area contributed by atoms with Crippen LogP contribution in [0, 0.1) is 6.92 Å². The number of amidine groups is 1. The average molecular weight is 523 g/mol. The highest BCUT2D eigenvalue weighted by molar-refractivity contribution is 6.33. The molecule has 3 aromatic rings. The number of nitrogens with one attached hydrogen (secondary N) is 2. The Labute approximate surface area is 221 Å². The van der Waals surface area contributed by atoms with Crippen molar-refractivity contribution in [2.24, 2.45) is 4.99 Å². The number of aromatic hydroxyl groups is 1. The number of phenolic OH excluding ortho intramolecular Hbond substituents is 1. The van der Waals surface area contributed by atoms with Gasteiger partial charge in [0.1, 0.15) is 17.6 Å². The molecule has 0 radical (unpaired) electrons. The number of amides is 1. The Morgan fingerprint density at radius 2 is 1.97 bits per heavy atom. The predicted molar refractivity (Wildman–Crippen MR) is 147 cm³/mol. The lowest BCUT2D eigenvalue weighted by Crippen LogP contribution is -2.47. The molecule has 3 aromatic carbocycles. The minimum absolute atomic E-state index is 0.115. The van der Waals surface area contributed by atoms with E-state index in [1.807, 2.05) is 55.1 Å². The van der Waals surface area contributed by atoms with Gasteiger partial charge in [-0.2, -0.15) is 0 Å². The van der Waals surface area contributed by atoms with Crippen LogP contribution in [0.25, 0.3) is 11.1 Å². The Balaban J connectivity index is 1.61. The van der Waals surface area contributed by atoms with Crippen molar-refractivity contribution >= 4 is 46.3 Å². The standard InChI is InChI=1S/C28H28Cl2N4O2/c1-16-10-19(29)13-21(11-16)34-17(2)33-26-8-5-18(23-14-22(35)6-7-25(23)30)12-24(26)27(34)28(36)32-15-20-4-3-9-31-20/h5-8,10-14,20,27,31,35H,3-4,9,15H2,1-2H3,(H,32,36)/t20-,27?/m0/s1. The van der Waals surface area contributed by atoms with E-state index in [9.17, 15) is 9.90 Å². The smallest absolute Gasteiger partial charge is 0.247 e. The molecule has 0 aliphatic carbocycles. The Hall–Kier alpha value is -3.06. The van der Waals surface area contributed by atoms with E-state index in [-0.39, 0.29) is 17.7 Å². The van der Waals surface area contributed by atoms with Crippen LogP contribution in [0.2, 0.25) is 10.0 Å². The van der Waals surface area contributed by atoms with Crippen molar-refractivity contribution in [2.75, 3.05) is 18.0 Å². The second kappa shape index (κ2) is 10.1. The van der Waals surface area contributed by atoms with Crippen molar-refractivity contribution in [3.05, 3.63) is 75.8 Å². The lowest BCUT2D eigenvalue weighted by molar-refractivity contribution is -0.122. The highest BCUT2D eigenvalue weighted by atomic mass is 35.5. The normalized spacial score (nSPS) is 19.1. The maximum absolute atomic E-state index is 13.9. The summed E-state index contributed by atoms with van der Waals surface area (Å²) in [5, 5.41) is 17.8. The minimum Gasteiger partial charge on any atom is -0.508 e. The number of hydrogen-bond donors (Lipinski definition) is 3. The highest BCUT2D eigenvalue weighted by Crippen LogP contribution is 2.42. The zero-order chi connectivity index (χ0) is 25.4. The van der Waals surface area contributed by atoms with E-state index < -0.39 is 6.04 Å². The van der Waals surface area contributed by atoms with E-state index in [0.717, 1.165) is 47.5 Å². The molecule has 1 unspecified atom stereocenters. The molecule has 0 bridgehead atoms. The number of phenols is 1. The van der Waals surface area contributed by atoms with Crippen LogP contribution in [0.15, 0.2) is 59.6 Å². The van der Waals surface area contributed by atoms with Gasteiger partial charge in [-0.15, -0.1) is 0 Å². The lowest BCUT2D eigenvalue weighted by atomic mass is 9.94. The molecule has 1 saturated heterocycles. The van der Waals surface area contributed by atoms with E-state index in [4.69, 9.17) is 28.2 Å². The molecule has 0 aromatic heterocycles. The van der Waals surface area contributed by atoms with Crippen molar-refractivity contribution in [3.63, 3.8) is 0 Å². The summed E-state index contributed by atoms with van der Waals surface area (Å²) in [4.78, 5) is 20.6. The zero-order valence-corrected chi connectivity index (χ0v) is 21.7. The fourth-order valence-electron chi connectivity index (χ4n) is 5.03. The van der Waals surface area contributed by atoms with Crippen LogP contribution in [0.1, 0.15) is 36.9 Å². The number of halogens is 2. The second-order valence-corrected chi connectivity index (χ2v) is 10.2. The lowest BCUT2D eigenvalue weighted by Gasteiger charge is -2.37. The molecular formula is C28H28Cl2N4O2. The monoisotopic (exact) mass is 522 g/mol. The van der Waals surface area contributed by atoms with Gasteiger partial charge in [0, 0.05) is 39.4 Å². The summed E-state index contributed by atoms with van der Waals surface area (Å²) in [5.74, 6) is 0.706. The van der Waals surface area contributed by atoms with Gasteiger partial charge in [-0.3, -0.25) is 4.79 Å². The number of fused-ring (bicyclic) bond motifs is 1. The molecule has 0 saturated carbocycles. The van der Waals surface area contributed by atoms with Crippen LogP contribution in [0.5, 0.6) is 5.75 Å². The number of anilines is 1. The van der Waals surface area contributed by atoms with Gasteiger partial charge in [-0.05, 0) is 92.9 Å². The van der Waals surface area contributed by atoms with Crippen LogP contribution in [0.3, 0.4) is 0 Å². The number of carbonyl (C=O) groups is 1. The van der Waals surface area contributed by atoms with Crippen LogP contribution >= 0.6 is 23.2 Å². The fourth-order valence-corrected chi connectivity index (χ4v) is 5.54. The third kappa shape index (κ3) is 4.94. The minimum atomic E-state index is -0.659. The first-order chi connectivity index (χ1) is 17.3. The maximum Gasteiger partial charge on any atom is 0.247 e. The van der Waals surface area contributed by atoms with E-state index in [0.29, 0.717) is 28.0 Å². The van der Waals surface area contributed by atoms with Crippen molar-refractivity contribution in [2.45, 2.75) is 38.8 Å². The van der Waals surface area contributed by atoms with E-state index in [1.54, 1.807) is 18.2 Å². The summed E-state index contributed by atoms with van der Waals surface area (Å²) < 4.78 is 0. The molecule has 1 fully saturated rings.